The number of fused-ring (bicyclic) bond motifs is 1. The summed E-state index contributed by atoms with van der Waals surface area (Å²) in [6, 6.07) is 18.9. The SMILES string of the molecule is O=C(C[NH+]1CCCC1)N1c2ccccc2SC[C@H]1c1ccccc1. The molecule has 0 aliphatic carbocycles. The summed E-state index contributed by atoms with van der Waals surface area (Å²) in [7, 11) is 0. The Balaban J connectivity index is 1.67. The molecule has 0 bridgehead atoms. The van der Waals surface area contributed by atoms with Crippen molar-refractivity contribution in [3.8, 4) is 0 Å². The summed E-state index contributed by atoms with van der Waals surface area (Å²) in [6.45, 7) is 2.88. The van der Waals surface area contributed by atoms with Gasteiger partial charge in [0.2, 0.25) is 0 Å². The molecule has 1 amide bonds. The van der Waals surface area contributed by atoms with E-state index in [9.17, 15) is 4.79 Å². The van der Waals surface area contributed by atoms with E-state index in [1.807, 2.05) is 23.9 Å². The first-order valence-corrected chi connectivity index (χ1v) is 9.74. The van der Waals surface area contributed by atoms with Crippen LogP contribution in [0.4, 0.5) is 5.69 Å². The van der Waals surface area contributed by atoms with Crippen molar-refractivity contribution in [1.82, 2.24) is 0 Å². The normalized spacial score (nSPS) is 20.8. The molecule has 0 unspecified atom stereocenters. The number of hydrogen-bond donors (Lipinski definition) is 1. The highest BCUT2D eigenvalue weighted by molar-refractivity contribution is 7.99. The number of carbonyl (C=O) groups is 1. The Labute approximate surface area is 147 Å². The molecular formula is C20H23N2OS+. The lowest BCUT2D eigenvalue weighted by molar-refractivity contribution is -0.878. The molecular weight excluding hydrogens is 316 g/mol. The number of quaternary nitrogens is 1. The average molecular weight is 339 g/mol. The molecule has 4 rings (SSSR count). The number of nitrogens with zero attached hydrogens (tertiary/aromatic N) is 1. The summed E-state index contributed by atoms with van der Waals surface area (Å²) < 4.78 is 0. The zero-order valence-electron chi connectivity index (χ0n) is 13.8. The van der Waals surface area contributed by atoms with Crippen LogP contribution >= 0.6 is 11.8 Å². The largest absolute Gasteiger partial charge is 0.327 e. The molecule has 2 aromatic carbocycles. The second-order valence-electron chi connectivity index (χ2n) is 6.60. The van der Waals surface area contributed by atoms with Gasteiger partial charge >= 0.3 is 0 Å². The fraction of sp³-hybridized carbons (Fsp3) is 0.350. The van der Waals surface area contributed by atoms with Gasteiger partial charge in [-0.15, -0.1) is 11.8 Å². The second kappa shape index (κ2) is 6.99. The summed E-state index contributed by atoms with van der Waals surface area (Å²) in [5, 5.41) is 0. The van der Waals surface area contributed by atoms with E-state index in [0.717, 1.165) is 24.5 Å². The third kappa shape index (κ3) is 3.08. The van der Waals surface area contributed by atoms with Gasteiger partial charge in [0.1, 0.15) is 0 Å². The predicted molar refractivity (Wildman–Crippen MR) is 98.6 cm³/mol. The predicted octanol–water partition coefficient (Wildman–Crippen LogP) is 2.55. The number of carbonyl (C=O) groups excluding carboxylic acids is 1. The molecule has 0 spiro atoms. The smallest absolute Gasteiger partial charge is 0.282 e. The molecule has 1 fully saturated rings. The number of rotatable bonds is 3. The van der Waals surface area contributed by atoms with E-state index in [4.69, 9.17) is 0 Å². The Hall–Kier alpha value is -1.78. The Morgan fingerprint density at radius 2 is 1.75 bits per heavy atom. The summed E-state index contributed by atoms with van der Waals surface area (Å²) in [5.74, 6) is 1.18. The van der Waals surface area contributed by atoms with Crippen LogP contribution in [0.15, 0.2) is 59.5 Å². The molecule has 124 valence electrons. The second-order valence-corrected chi connectivity index (χ2v) is 7.66. The number of likely N-dealkylation sites (tertiary alicyclic amines) is 1. The van der Waals surface area contributed by atoms with Gasteiger partial charge in [-0.25, -0.2) is 0 Å². The topological polar surface area (TPSA) is 24.8 Å². The number of hydrogen-bond acceptors (Lipinski definition) is 2. The quantitative estimate of drug-likeness (QED) is 0.929. The first-order valence-electron chi connectivity index (χ1n) is 8.75. The van der Waals surface area contributed by atoms with Gasteiger partial charge in [0, 0.05) is 23.5 Å². The highest BCUT2D eigenvalue weighted by Gasteiger charge is 2.34. The van der Waals surface area contributed by atoms with Crippen molar-refractivity contribution in [1.29, 1.82) is 0 Å². The molecule has 2 heterocycles. The van der Waals surface area contributed by atoms with Gasteiger partial charge in [0.05, 0.1) is 24.8 Å². The maximum atomic E-state index is 13.2. The standard InChI is InChI=1S/C20H22N2OS/c23-20(14-21-12-6-7-13-21)22-17-10-4-5-11-19(17)24-15-18(22)16-8-2-1-3-9-16/h1-5,8-11,18H,6-7,12-15H2/p+1/t18-/m0/s1. The number of nitrogens with one attached hydrogen (secondary N) is 1. The van der Waals surface area contributed by atoms with Crippen molar-refractivity contribution in [3.05, 3.63) is 60.2 Å². The van der Waals surface area contributed by atoms with E-state index in [2.05, 4.69) is 47.4 Å². The van der Waals surface area contributed by atoms with Gasteiger partial charge in [0.15, 0.2) is 6.54 Å². The van der Waals surface area contributed by atoms with Crippen molar-refractivity contribution < 1.29 is 9.69 Å². The van der Waals surface area contributed by atoms with Crippen molar-refractivity contribution in [2.45, 2.75) is 23.8 Å². The summed E-state index contributed by atoms with van der Waals surface area (Å²) in [4.78, 5) is 17.9. The highest BCUT2D eigenvalue weighted by atomic mass is 32.2. The lowest BCUT2D eigenvalue weighted by atomic mass is 10.1. The van der Waals surface area contributed by atoms with Gasteiger partial charge in [-0.2, -0.15) is 0 Å². The maximum Gasteiger partial charge on any atom is 0.282 e. The van der Waals surface area contributed by atoms with Crippen molar-refractivity contribution >= 4 is 23.4 Å². The summed E-state index contributed by atoms with van der Waals surface area (Å²) >= 11 is 1.85. The average Bonchev–Trinajstić information content (AvgIpc) is 3.14. The Morgan fingerprint density at radius 3 is 2.54 bits per heavy atom. The molecule has 1 saturated heterocycles. The number of amides is 1. The molecule has 0 saturated carbocycles. The zero-order valence-corrected chi connectivity index (χ0v) is 14.6. The van der Waals surface area contributed by atoms with E-state index in [-0.39, 0.29) is 11.9 Å². The van der Waals surface area contributed by atoms with Gasteiger partial charge in [-0.05, 0) is 17.7 Å². The first kappa shape index (κ1) is 15.7. The molecule has 2 aromatic rings. The van der Waals surface area contributed by atoms with E-state index in [0.29, 0.717) is 6.54 Å². The van der Waals surface area contributed by atoms with Crippen molar-refractivity contribution in [2.24, 2.45) is 0 Å². The molecule has 0 aromatic heterocycles. The minimum absolute atomic E-state index is 0.126. The lowest BCUT2D eigenvalue weighted by Gasteiger charge is -2.37. The fourth-order valence-corrected chi connectivity index (χ4v) is 4.94. The number of thioether (sulfide) groups is 1. The van der Waals surface area contributed by atoms with Gasteiger partial charge in [-0.1, -0.05) is 42.5 Å². The molecule has 1 N–H and O–H groups in total. The summed E-state index contributed by atoms with van der Waals surface area (Å²) in [6.07, 6.45) is 2.49. The fourth-order valence-electron chi connectivity index (χ4n) is 3.77. The minimum Gasteiger partial charge on any atom is -0.327 e. The Morgan fingerprint density at radius 1 is 1.04 bits per heavy atom. The molecule has 24 heavy (non-hydrogen) atoms. The van der Waals surface area contributed by atoms with Gasteiger partial charge < -0.3 is 4.90 Å². The lowest BCUT2D eigenvalue weighted by Crippen LogP contribution is -3.11. The van der Waals surface area contributed by atoms with Crippen molar-refractivity contribution in [2.75, 3.05) is 30.3 Å². The van der Waals surface area contributed by atoms with E-state index < -0.39 is 0 Å². The van der Waals surface area contributed by atoms with Gasteiger partial charge in [0.25, 0.3) is 5.91 Å². The molecule has 2 aliphatic heterocycles. The molecule has 4 heteroatoms. The zero-order chi connectivity index (χ0) is 16.4. The van der Waals surface area contributed by atoms with Crippen LogP contribution in [0, 0.1) is 0 Å². The number of para-hydroxylation sites is 1. The maximum absolute atomic E-state index is 13.2. The first-order chi connectivity index (χ1) is 11.8. The van der Waals surface area contributed by atoms with Crippen molar-refractivity contribution in [3.63, 3.8) is 0 Å². The van der Waals surface area contributed by atoms with Crippen LogP contribution in [0.25, 0.3) is 0 Å². The monoisotopic (exact) mass is 339 g/mol. The van der Waals surface area contributed by atoms with Crippen LogP contribution in [-0.4, -0.2) is 31.3 Å². The van der Waals surface area contributed by atoms with E-state index in [1.54, 1.807) is 0 Å². The minimum atomic E-state index is 0.126. The third-order valence-electron chi connectivity index (χ3n) is 5.00. The van der Waals surface area contributed by atoms with Crippen LogP contribution in [0.1, 0.15) is 24.4 Å². The molecule has 0 radical (unpaired) electrons. The van der Waals surface area contributed by atoms with E-state index >= 15 is 0 Å². The van der Waals surface area contributed by atoms with Crippen LogP contribution in [0.3, 0.4) is 0 Å². The molecule has 3 nitrogen and oxygen atoms in total. The van der Waals surface area contributed by atoms with Crippen LogP contribution < -0.4 is 9.80 Å². The van der Waals surface area contributed by atoms with Crippen LogP contribution in [0.5, 0.6) is 0 Å². The van der Waals surface area contributed by atoms with Crippen LogP contribution in [-0.2, 0) is 4.79 Å². The Bertz CT molecular complexity index is 713. The molecule has 1 atom stereocenters. The van der Waals surface area contributed by atoms with Gasteiger partial charge in [-0.3, -0.25) is 9.69 Å². The third-order valence-corrected chi connectivity index (χ3v) is 6.14. The number of benzene rings is 2. The van der Waals surface area contributed by atoms with Crippen LogP contribution in [0.2, 0.25) is 0 Å². The van der Waals surface area contributed by atoms with E-state index in [1.165, 1.54) is 28.2 Å². The highest BCUT2D eigenvalue weighted by Crippen LogP contribution is 2.42. The number of anilines is 1. The molecule has 2 aliphatic rings. The Kier molecular flexibility index (Phi) is 4.58. The summed E-state index contributed by atoms with van der Waals surface area (Å²) in [5.41, 5.74) is 2.30.